The van der Waals surface area contributed by atoms with Crippen LogP contribution in [0.5, 0.6) is 0 Å². The Kier molecular flexibility index (Phi) is 7.57. The molecule has 1 N–H and O–H groups in total. The van der Waals surface area contributed by atoms with Gasteiger partial charge in [-0.1, -0.05) is 81.4 Å². The maximum atomic E-state index is 13.4. The van der Waals surface area contributed by atoms with E-state index in [1.54, 1.807) is 37.3 Å². The van der Waals surface area contributed by atoms with Gasteiger partial charge < -0.3 is 0 Å². The summed E-state index contributed by atoms with van der Waals surface area (Å²) >= 11 is 0. The molecule has 1 amide bonds. The molecule has 3 aromatic rings. The highest BCUT2D eigenvalue weighted by atomic mass is 32.2. The van der Waals surface area contributed by atoms with E-state index in [1.807, 2.05) is 43.3 Å². The second-order valence-corrected chi connectivity index (χ2v) is 11.0. The van der Waals surface area contributed by atoms with Crippen LogP contribution in [-0.2, 0) is 20.2 Å². The van der Waals surface area contributed by atoms with E-state index in [4.69, 9.17) is 0 Å². The van der Waals surface area contributed by atoms with Gasteiger partial charge >= 0.3 is 0 Å². The van der Waals surface area contributed by atoms with E-state index in [1.165, 1.54) is 17.7 Å². The van der Waals surface area contributed by atoms with Crippen molar-refractivity contribution in [2.24, 2.45) is 5.10 Å². The number of carbonyl (C=O) groups excluding carboxylic acids is 1. The van der Waals surface area contributed by atoms with Crippen LogP contribution in [0.1, 0.15) is 44.4 Å². The summed E-state index contributed by atoms with van der Waals surface area (Å²) < 4.78 is 27.9. The summed E-state index contributed by atoms with van der Waals surface area (Å²) in [7, 11) is -3.96. The monoisotopic (exact) mass is 477 g/mol. The summed E-state index contributed by atoms with van der Waals surface area (Å²) in [5.41, 5.74) is 6.45. The summed E-state index contributed by atoms with van der Waals surface area (Å²) in [5.74, 6) is -0.534. The van der Waals surface area contributed by atoms with Gasteiger partial charge in [-0.25, -0.2) is 13.8 Å². The molecule has 0 spiro atoms. The van der Waals surface area contributed by atoms with Crippen LogP contribution >= 0.6 is 0 Å². The molecule has 0 unspecified atom stereocenters. The molecule has 0 saturated heterocycles. The Balaban J connectivity index is 1.83. The third-order valence-electron chi connectivity index (χ3n) is 5.52. The quantitative estimate of drug-likeness (QED) is 0.383. The van der Waals surface area contributed by atoms with Crippen LogP contribution in [0, 0.1) is 6.92 Å². The third-order valence-corrected chi connectivity index (χ3v) is 7.29. The number of hydrogen-bond donors (Lipinski definition) is 1. The number of hydrazone groups is 1. The largest absolute Gasteiger partial charge is 0.271 e. The van der Waals surface area contributed by atoms with Gasteiger partial charge in [-0.05, 0) is 54.2 Å². The summed E-state index contributed by atoms with van der Waals surface area (Å²) in [6, 6.07) is 23.2. The summed E-state index contributed by atoms with van der Waals surface area (Å²) in [4.78, 5) is 12.9. The number of nitrogens with zero attached hydrogens (tertiary/aromatic N) is 2. The molecule has 6 nitrogen and oxygen atoms in total. The lowest BCUT2D eigenvalue weighted by molar-refractivity contribution is -0.119. The van der Waals surface area contributed by atoms with Gasteiger partial charge in [0.15, 0.2) is 0 Å². The topological polar surface area (TPSA) is 78.8 Å². The number of hydrogen-bond acceptors (Lipinski definition) is 4. The van der Waals surface area contributed by atoms with Crippen molar-refractivity contribution >= 4 is 27.3 Å². The maximum absolute atomic E-state index is 13.4. The van der Waals surface area contributed by atoms with Crippen molar-refractivity contribution in [3.05, 3.63) is 95.6 Å². The number of anilines is 1. The molecule has 3 rings (SSSR count). The second-order valence-electron chi connectivity index (χ2n) is 9.17. The van der Waals surface area contributed by atoms with Gasteiger partial charge in [0, 0.05) is 0 Å². The van der Waals surface area contributed by atoms with Crippen LogP contribution in [0.3, 0.4) is 0 Å². The number of nitrogens with one attached hydrogen (secondary N) is 1. The van der Waals surface area contributed by atoms with Gasteiger partial charge in [-0.3, -0.25) is 9.10 Å². The average Bonchev–Trinajstić information content (AvgIpc) is 2.81. The van der Waals surface area contributed by atoms with E-state index in [0.29, 0.717) is 11.4 Å². The molecular weight excluding hydrogens is 446 g/mol. The molecule has 0 aliphatic rings. The van der Waals surface area contributed by atoms with E-state index in [9.17, 15) is 13.2 Å². The van der Waals surface area contributed by atoms with Gasteiger partial charge in [0.05, 0.1) is 16.3 Å². The molecule has 3 aromatic carbocycles. The Labute approximate surface area is 202 Å². The van der Waals surface area contributed by atoms with Gasteiger partial charge in [0.1, 0.15) is 6.54 Å². The minimum atomic E-state index is -3.96. The number of sulfonamides is 1. The van der Waals surface area contributed by atoms with Gasteiger partial charge in [-0.15, -0.1) is 0 Å². The Morgan fingerprint density at radius 3 is 2.09 bits per heavy atom. The lowest BCUT2D eigenvalue weighted by Crippen LogP contribution is -2.40. The normalized spacial score (nSPS) is 12.3. The fourth-order valence-corrected chi connectivity index (χ4v) is 4.96. The number of amides is 1. The number of para-hydroxylation sites is 1. The van der Waals surface area contributed by atoms with E-state index in [0.717, 1.165) is 15.4 Å². The van der Waals surface area contributed by atoms with E-state index in [2.05, 4.69) is 31.3 Å². The first-order valence-electron chi connectivity index (χ1n) is 11.1. The second kappa shape index (κ2) is 10.2. The van der Waals surface area contributed by atoms with Crippen LogP contribution in [-0.4, -0.2) is 26.6 Å². The van der Waals surface area contributed by atoms with E-state index >= 15 is 0 Å². The first-order chi connectivity index (χ1) is 16.0. The van der Waals surface area contributed by atoms with Crippen molar-refractivity contribution in [3.63, 3.8) is 0 Å². The third kappa shape index (κ3) is 5.91. The Hall–Kier alpha value is -3.45. The highest BCUT2D eigenvalue weighted by Gasteiger charge is 2.28. The predicted molar refractivity (Wildman–Crippen MR) is 138 cm³/mol. The Morgan fingerprint density at radius 1 is 0.912 bits per heavy atom. The van der Waals surface area contributed by atoms with Crippen molar-refractivity contribution in [2.75, 3.05) is 10.8 Å². The van der Waals surface area contributed by atoms with E-state index in [-0.39, 0.29) is 10.3 Å². The van der Waals surface area contributed by atoms with Crippen LogP contribution in [0.4, 0.5) is 5.69 Å². The van der Waals surface area contributed by atoms with Crippen LogP contribution in [0.2, 0.25) is 0 Å². The highest BCUT2D eigenvalue weighted by Crippen LogP contribution is 2.26. The van der Waals surface area contributed by atoms with Gasteiger partial charge in [0.2, 0.25) is 0 Å². The van der Waals surface area contributed by atoms with Crippen molar-refractivity contribution in [1.82, 2.24) is 5.43 Å². The Bertz CT molecular complexity index is 1280. The lowest BCUT2D eigenvalue weighted by Gasteiger charge is -2.25. The molecule has 178 valence electrons. The van der Waals surface area contributed by atoms with Crippen molar-refractivity contribution < 1.29 is 13.2 Å². The first kappa shape index (κ1) is 25.2. The molecule has 0 aliphatic carbocycles. The van der Waals surface area contributed by atoms with Crippen molar-refractivity contribution in [3.8, 4) is 0 Å². The molecular formula is C27H31N3O3S. The molecule has 0 aromatic heterocycles. The summed E-state index contributed by atoms with van der Waals surface area (Å²) in [6.45, 7) is 9.64. The highest BCUT2D eigenvalue weighted by molar-refractivity contribution is 7.92. The van der Waals surface area contributed by atoms with Gasteiger partial charge in [-0.2, -0.15) is 5.10 Å². The van der Waals surface area contributed by atoms with Crippen LogP contribution in [0.25, 0.3) is 0 Å². The zero-order valence-corrected chi connectivity index (χ0v) is 21.1. The molecule has 7 heteroatoms. The van der Waals surface area contributed by atoms with Crippen molar-refractivity contribution in [1.29, 1.82) is 0 Å². The first-order valence-corrected chi connectivity index (χ1v) is 12.5. The summed E-state index contributed by atoms with van der Waals surface area (Å²) in [6.07, 6.45) is 0. The van der Waals surface area contributed by atoms with Crippen LogP contribution < -0.4 is 9.73 Å². The smallest absolute Gasteiger partial charge is 0.264 e. The fourth-order valence-electron chi connectivity index (χ4n) is 3.45. The SMILES string of the molecule is C/C(=N/NC(=O)CN(c1ccccc1C)S(=O)(=O)c1ccccc1)c1ccc(C(C)(C)C)cc1. The zero-order valence-electron chi connectivity index (χ0n) is 20.2. The molecule has 0 aliphatic heterocycles. The number of benzene rings is 3. The number of carbonyl (C=O) groups is 1. The molecule has 0 atom stereocenters. The Morgan fingerprint density at radius 2 is 1.50 bits per heavy atom. The molecule has 0 radical (unpaired) electrons. The molecule has 0 saturated carbocycles. The molecule has 0 heterocycles. The summed E-state index contributed by atoms with van der Waals surface area (Å²) in [5, 5.41) is 4.21. The predicted octanol–water partition coefficient (Wildman–Crippen LogP) is 5.03. The lowest BCUT2D eigenvalue weighted by atomic mass is 9.86. The molecule has 0 bridgehead atoms. The standard InChI is InChI=1S/C27H31N3O3S/c1-20-11-9-10-14-25(20)30(34(32,33)24-12-7-6-8-13-24)19-26(31)29-28-21(2)22-15-17-23(18-16-22)27(3,4)5/h6-18H,19H2,1-5H3,(H,29,31)/b28-21-. The zero-order chi connectivity index (χ0) is 24.9. The molecule has 0 fully saturated rings. The number of rotatable bonds is 7. The minimum absolute atomic E-state index is 0.0427. The fraction of sp³-hybridized carbons (Fsp3) is 0.259. The van der Waals surface area contributed by atoms with E-state index < -0.39 is 22.5 Å². The average molecular weight is 478 g/mol. The van der Waals surface area contributed by atoms with Gasteiger partial charge in [0.25, 0.3) is 15.9 Å². The molecule has 34 heavy (non-hydrogen) atoms. The maximum Gasteiger partial charge on any atom is 0.264 e. The minimum Gasteiger partial charge on any atom is -0.271 e. The van der Waals surface area contributed by atoms with Crippen molar-refractivity contribution in [2.45, 2.75) is 44.9 Å². The number of aryl methyl sites for hydroxylation is 1. The van der Waals surface area contributed by atoms with Crippen LogP contribution in [0.15, 0.2) is 88.9 Å².